The lowest BCUT2D eigenvalue weighted by Crippen LogP contribution is -2.28. The summed E-state index contributed by atoms with van der Waals surface area (Å²) in [4.78, 5) is 0. The third kappa shape index (κ3) is 6.54. The molecular weight excluding hydrogens is 158 g/mol. The van der Waals surface area contributed by atoms with E-state index < -0.39 is 6.48 Å². The van der Waals surface area contributed by atoms with Crippen molar-refractivity contribution >= 4 is 0 Å². The van der Waals surface area contributed by atoms with E-state index in [0.29, 0.717) is 6.73 Å². The van der Waals surface area contributed by atoms with Crippen molar-refractivity contribution in [2.24, 2.45) is 0 Å². The molecule has 0 aliphatic heterocycles. The van der Waals surface area contributed by atoms with E-state index in [4.69, 9.17) is 14.2 Å². The molecule has 12 heavy (non-hydrogen) atoms. The fourth-order valence-corrected chi connectivity index (χ4v) is 0.614. The molecule has 1 unspecified atom stereocenters. The Labute approximate surface area is 74.2 Å². The summed E-state index contributed by atoms with van der Waals surface area (Å²) in [5, 5.41) is 3.00. The summed E-state index contributed by atoms with van der Waals surface area (Å²) in [6.07, 6.45) is 0.108. The lowest BCUT2D eigenvalue weighted by molar-refractivity contribution is -0.291. The van der Waals surface area contributed by atoms with E-state index in [1.165, 1.54) is 0 Å². The second-order valence-corrected chi connectivity index (χ2v) is 2.62. The molecule has 0 radical (unpaired) electrons. The predicted octanol–water partition coefficient (Wildman–Crippen LogP) is 0.925. The van der Waals surface area contributed by atoms with Gasteiger partial charge < -0.3 is 14.2 Å². The molecule has 0 fully saturated rings. The van der Waals surface area contributed by atoms with E-state index in [2.05, 4.69) is 5.32 Å². The maximum atomic E-state index is 5.26. The third-order valence-corrected chi connectivity index (χ3v) is 1.15. The molecule has 0 aromatic carbocycles. The van der Waals surface area contributed by atoms with Gasteiger partial charge in [-0.2, -0.15) is 0 Å². The minimum Gasteiger partial charge on any atom is -0.333 e. The Kier molecular flexibility index (Phi) is 7.39. The summed E-state index contributed by atoms with van der Waals surface area (Å²) >= 11 is 0. The van der Waals surface area contributed by atoms with E-state index in [1.807, 2.05) is 20.8 Å². The minimum absolute atomic E-state index is 0.108. The van der Waals surface area contributed by atoms with Gasteiger partial charge in [0.15, 0.2) is 0 Å². The zero-order valence-electron chi connectivity index (χ0n) is 8.29. The van der Waals surface area contributed by atoms with Gasteiger partial charge in [0.25, 0.3) is 6.48 Å². The van der Waals surface area contributed by atoms with Crippen LogP contribution < -0.4 is 5.32 Å². The Balaban J connectivity index is 3.39. The first-order valence-corrected chi connectivity index (χ1v) is 4.21. The largest absolute Gasteiger partial charge is 0.333 e. The van der Waals surface area contributed by atoms with Gasteiger partial charge in [-0.15, -0.1) is 0 Å². The van der Waals surface area contributed by atoms with E-state index >= 15 is 0 Å². The zero-order valence-corrected chi connectivity index (χ0v) is 8.29. The lowest BCUT2D eigenvalue weighted by Gasteiger charge is -2.18. The van der Waals surface area contributed by atoms with Crippen molar-refractivity contribution in [2.45, 2.75) is 33.4 Å². The van der Waals surface area contributed by atoms with Gasteiger partial charge in [-0.1, -0.05) is 6.92 Å². The first kappa shape index (κ1) is 11.8. The van der Waals surface area contributed by atoms with Gasteiger partial charge in [-0.3, -0.25) is 5.32 Å². The second-order valence-electron chi connectivity index (χ2n) is 2.62. The van der Waals surface area contributed by atoms with Crippen molar-refractivity contribution in [3.8, 4) is 0 Å². The molecular formula is C8H19NO3. The molecule has 0 aliphatic carbocycles. The first-order chi connectivity index (χ1) is 5.70. The van der Waals surface area contributed by atoms with E-state index in [9.17, 15) is 0 Å². The number of ether oxygens (including phenoxy) is 3. The van der Waals surface area contributed by atoms with E-state index in [0.717, 1.165) is 6.54 Å². The van der Waals surface area contributed by atoms with Crippen molar-refractivity contribution in [2.75, 3.05) is 20.4 Å². The number of methoxy groups -OCH3 is 1. The predicted molar refractivity (Wildman–Crippen MR) is 46.6 cm³/mol. The zero-order chi connectivity index (χ0) is 9.40. The SMILES string of the molecule is CCNCOC(OC)OC(C)C. The third-order valence-electron chi connectivity index (χ3n) is 1.15. The molecule has 1 atom stereocenters. The first-order valence-electron chi connectivity index (χ1n) is 4.21. The summed E-state index contributed by atoms with van der Waals surface area (Å²) in [5.74, 6) is 0. The van der Waals surface area contributed by atoms with Crippen LogP contribution >= 0.6 is 0 Å². The van der Waals surface area contributed by atoms with Crippen LogP contribution in [0.15, 0.2) is 0 Å². The van der Waals surface area contributed by atoms with Crippen molar-refractivity contribution in [3.63, 3.8) is 0 Å². The van der Waals surface area contributed by atoms with Crippen LogP contribution in [0.25, 0.3) is 0 Å². The van der Waals surface area contributed by atoms with Crippen LogP contribution in [0, 0.1) is 0 Å². The molecule has 0 spiro atoms. The van der Waals surface area contributed by atoms with Gasteiger partial charge in [0.1, 0.15) is 6.73 Å². The van der Waals surface area contributed by atoms with Crippen LogP contribution in [-0.2, 0) is 14.2 Å². The Morgan fingerprint density at radius 3 is 2.42 bits per heavy atom. The van der Waals surface area contributed by atoms with Crippen LogP contribution in [0.3, 0.4) is 0 Å². The van der Waals surface area contributed by atoms with Crippen molar-refractivity contribution < 1.29 is 14.2 Å². The fourth-order valence-electron chi connectivity index (χ4n) is 0.614. The Morgan fingerprint density at radius 1 is 1.33 bits per heavy atom. The molecule has 0 aromatic rings. The van der Waals surface area contributed by atoms with Gasteiger partial charge in [0.05, 0.1) is 6.10 Å². The van der Waals surface area contributed by atoms with Gasteiger partial charge in [-0.05, 0) is 20.4 Å². The number of nitrogens with one attached hydrogen (secondary N) is 1. The standard InChI is InChI=1S/C8H19NO3/c1-5-9-6-11-8(10-4)12-7(2)3/h7-9H,5-6H2,1-4H3. The Bertz CT molecular complexity index is 98.3. The van der Waals surface area contributed by atoms with Crippen molar-refractivity contribution in [1.82, 2.24) is 5.32 Å². The molecule has 1 N–H and O–H groups in total. The number of rotatable bonds is 7. The average Bonchev–Trinajstić information content (AvgIpc) is 2.02. The van der Waals surface area contributed by atoms with Crippen molar-refractivity contribution in [3.05, 3.63) is 0 Å². The number of hydrogen-bond donors (Lipinski definition) is 1. The summed E-state index contributed by atoms with van der Waals surface area (Å²) in [5.41, 5.74) is 0. The molecule has 0 aliphatic rings. The van der Waals surface area contributed by atoms with Gasteiger partial charge in [0.2, 0.25) is 0 Å². The highest BCUT2D eigenvalue weighted by atomic mass is 16.8. The van der Waals surface area contributed by atoms with E-state index in [-0.39, 0.29) is 6.10 Å². The lowest BCUT2D eigenvalue weighted by atomic mass is 10.5. The highest BCUT2D eigenvalue weighted by Gasteiger charge is 2.08. The maximum absolute atomic E-state index is 5.26. The van der Waals surface area contributed by atoms with Crippen LogP contribution in [0.1, 0.15) is 20.8 Å². The molecule has 0 saturated carbocycles. The van der Waals surface area contributed by atoms with Gasteiger partial charge in [0, 0.05) is 7.11 Å². The molecule has 0 bridgehead atoms. The van der Waals surface area contributed by atoms with Crippen LogP contribution in [-0.4, -0.2) is 33.0 Å². The highest BCUT2D eigenvalue weighted by molar-refractivity contribution is 4.35. The molecule has 0 amide bonds. The van der Waals surface area contributed by atoms with Crippen LogP contribution in [0.2, 0.25) is 0 Å². The smallest absolute Gasteiger partial charge is 0.272 e. The normalized spacial score (nSPS) is 13.8. The minimum atomic E-state index is -0.566. The average molecular weight is 177 g/mol. The Hall–Kier alpha value is -0.160. The maximum Gasteiger partial charge on any atom is 0.272 e. The molecule has 4 heteroatoms. The number of hydrogen-bond acceptors (Lipinski definition) is 4. The second kappa shape index (κ2) is 7.49. The Morgan fingerprint density at radius 2 is 2.00 bits per heavy atom. The topological polar surface area (TPSA) is 39.7 Å². The molecule has 0 rings (SSSR count). The summed E-state index contributed by atoms with van der Waals surface area (Å²) in [7, 11) is 1.55. The van der Waals surface area contributed by atoms with Gasteiger partial charge in [-0.25, -0.2) is 0 Å². The summed E-state index contributed by atoms with van der Waals surface area (Å²) < 4.78 is 15.4. The highest BCUT2D eigenvalue weighted by Crippen LogP contribution is 1.99. The summed E-state index contributed by atoms with van der Waals surface area (Å²) in [6.45, 7) is 6.63. The van der Waals surface area contributed by atoms with Gasteiger partial charge >= 0.3 is 0 Å². The monoisotopic (exact) mass is 177 g/mol. The quantitative estimate of drug-likeness (QED) is 0.464. The molecule has 0 aromatic heterocycles. The fraction of sp³-hybridized carbons (Fsp3) is 1.00. The molecule has 74 valence electrons. The molecule has 0 heterocycles. The molecule has 4 nitrogen and oxygen atoms in total. The van der Waals surface area contributed by atoms with Crippen LogP contribution in [0.5, 0.6) is 0 Å². The van der Waals surface area contributed by atoms with E-state index in [1.54, 1.807) is 7.11 Å². The van der Waals surface area contributed by atoms with Crippen molar-refractivity contribution in [1.29, 1.82) is 0 Å². The molecule has 0 saturated heterocycles. The summed E-state index contributed by atoms with van der Waals surface area (Å²) in [6, 6.07) is 0. The van der Waals surface area contributed by atoms with Crippen LogP contribution in [0.4, 0.5) is 0 Å².